The van der Waals surface area contributed by atoms with Crippen molar-refractivity contribution in [3.8, 4) is 0 Å². The van der Waals surface area contributed by atoms with Crippen LogP contribution in [0.1, 0.15) is 16.8 Å². The fourth-order valence-corrected chi connectivity index (χ4v) is 4.39. The molecule has 1 aliphatic rings. The number of hydrogen-bond donors (Lipinski definition) is 1. The summed E-state index contributed by atoms with van der Waals surface area (Å²) in [6.07, 6.45) is 0.852. The molecule has 0 spiro atoms. The molecule has 0 aromatic heterocycles. The third kappa shape index (κ3) is 4.61. The van der Waals surface area contributed by atoms with Crippen molar-refractivity contribution in [2.75, 3.05) is 37.5 Å². The first-order chi connectivity index (χ1) is 12.5. The normalized spacial score (nSPS) is 14.8. The molecule has 2 aromatic rings. The number of nitrogens with one attached hydrogen (secondary N) is 1. The second kappa shape index (κ2) is 9.21. The molecule has 1 fully saturated rings. The molecule has 27 heavy (non-hydrogen) atoms. The van der Waals surface area contributed by atoms with Gasteiger partial charge < -0.3 is 10.2 Å². The van der Waals surface area contributed by atoms with E-state index < -0.39 is 10.0 Å². The van der Waals surface area contributed by atoms with Crippen molar-refractivity contribution in [2.45, 2.75) is 11.3 Å². The Kier molecular flexibility index (Phi) is 7.24. The summed E-state index contributed by atoms with van der Waals surface area (Å²) in [5.41, 5.74) is 0.769. The topological polar surface area (TPSA) is 69.7 Å². The maximum atomic E-state index is 13.2. The number of nitrogens with zero attached hydrogens (tertiary/aromatic N) is 2. The van der Waals surface area contributed by atoms with Crippen LogP contribution in [0.15, 0.2) is 59.5 Å². The number of carbonyl (C=O) groups is 1. The lowest BCUT2D eigenvalue weighted by atomic mass is 10.2. The molecule has 1 amide bonds. The van der Waals surface area contributed by atoms with Crippen molar-refractivity contribution < 1.29 is 13.2 Å². The summed E-state index contributed by atoms with van der Waals surface area (Å²) in [6, 6.07) is 15.3. The van der Waals surface area contributed by atoms with Gasteiger partial charge in [0.1, 0.15) is 4.90 Å². The first-order valence-corrected chi connectivity index (χ1v) is 10.1. The number of rotatable bonds is 4. The van der Waals surface area contributed by atoms with Crippen LogP contribution in [-0.4, -0.2) is 52.5 Å². The molecule has 6 nitrogen and oxygen atoms in total. The zero-order valence-corrected chi connectivity index (χ0v) is 16.8. The van der Waals surface area contributed by atoms with Crippen LogP contribution in [0.25, 0.3) is 0 Å². The quantitative estimate of drug-likeness (QED) is 0.841. The number of benzene rings is 2. The molecule has 3 rings (SSSR count). The number of para-hydroxylation sites is 1. The van der Waals surface area contributed by atoms with Crippen molar-refractivity contribution in [3.63, 3.8) is 0 Å². The van der Waals surface area contributed by atoms with E-state index in [4.69, 9.17) is 0 Å². The molecule has 0 radical (unpaired) electrons. The van der Waals surface area contributed by atoms with Gasteiger partial charge in [-0.05, 0) is 37.2 Å². The zero-order valence-electron chi connectivity index (χ0n) is 15.2. The van der Waals surface area contributed by atoms with Gasteiger partial charge in [-0.3, -0.25) is 9.10 Å². The van der Waals surface area contributed by atoms with E-state index >= 15 is 0 Å². The lowest BCUT2D eigenvalue weighted by Gasteiger charge is -2.24. The molecular weight excluding hydrogens is 386 g/mol. The minimum Gasteiger partial charge on any atom is -0.337 e. The first kappa shape index (κ1) is 21.2. The second-order valence-corrected chi connectivity index (χ2v) is 8.14. The molecule has 0 bridgehead atoms. The van der Waals surface area contributed by atoms with E-state index in [2.05, 4.69) is 5.32 Å². The van der Waals surface area contributed by atoms with Gasteiger partial charge in [-0.1, -0.05) is 30.3 Å². The van der Waals surface area contributed by atoms with Crippen molar-refractivity contribution in [2.24, 2.45) is 0 Å². The summed E-state index contributed by atoms with van der Waals surface area (Å²) < 4.78 is 27.5. The third-order valence-corrected chi connectivity index (χ3v) is 6.35. The average Bonchev–Trinajstić information content (AvgIpc) is 2.97. The largest absolute Gasteiger partial charge is 0.337 e. The van der Waals surface area contributed by atoms with Gasteiger partial charge in [-0.2, -0.15) is 0 Å². The van der Waals surface area contributed by atoms with Crippen LogP contribution in [-0.2, 0) is 10.0 Å². The molecular formula is C19H24ClN3O3S. The highest BCUT2D eigenvalue weighted by Crippen LogP contribution is 2.25. The van der Waals surface area contributed by atoms with Gasteiger partial charge in [-0.25, -0.2) is 8.42 Å². The van der Waals surface area contributed by atoms with Gasteiger partial charge in [0.05, 0.1) is 11.3 Å². The van der Waals surface area contributed by atoms with Gasteiger partial charge in [0.25, 0.3) is 15.9 Å². The fraction of sp³-hybridized carbons (Fsp3) is 0.316. The second-order valence-electron chi connectivity index (χ2n) is 6.20. The summed E-state index contributed by atoms with van der Waals surface area (Å²) in [7, 11) is -2.34. The minimum absolute atomic E-state index is 0. The Labute approximate surface area is 166 Å². The van der Waals surface area contributed by atoms with Crippen LogP contribution in [0.4, 0.5) is 5.69 Å². The van der Waals surface area contributed by atoms with Gasteiger partial charge in [0.2, 0.25) is 0 Å². The molecule has 1 N–H and O–H groups in total. The van der Waals surface area contributed by atoms with E-state index in [9.17, 15) is 13.2 Å². The van der Waals surface area contributed by atoms with E-state index in [-0.39, 0.29) is 28.8 Å². The van der Waals surface area contributed by atoms with Crippen molar-refractivity contribution in [3.05, 3.63) is 60.2 Å². The maximum absolute atomic E-state index is 13.2. The van der Waals surface area contributed by atoms with Gasteiger partial charge in [0.15, 0.2) is 0 Å². The number of sulfonamides is 1. The molecule has 2 aromatic carbocycles. The number of halogens is 1. The zero-order chi connectivity index (χ0) is 18.6. The lowest BCUT2D eigenvalue weighted by molar-refractivity contribution is 0.0762. The van der Waals surface area contributed by atoms with E-state index in [0.29, 0.717) is 25.3 Å². The molecule has 1 saturated heterocycles. The van der Waals surface area contributed by atoms with E-state index in [1.54, 1.807) is 47.4 Å². The molecule has 0 atom stereocenters. The first-order valence-electron chi connectivity index (χ1n) is 8.65. The molecule has 0 saturated carbocycles. The Morgan fingerprint density at radius 2 is 1.67 bits per heavy atom. The molecule has 8 heteroatoms. The molecule has 1 aliphatic heterocycles. The number of carbonyl (C=O) groups excluding carboxylic acids is 1. The Balaban J connectivity index is 0.00000261. The Bertz CT molecular complexity index is 867. The van der Waals surface area contributed by atoms with Crippen LogP contribution in [0.5, 0.6) is 0 Å². The summed E-state index contributed by atoms with van der Waals surface area (Å²) in [6.45, 7) is 2.77. The van der Waals surface area contributed by atoms with Crippen molar-refractivity contribution in [1.29, 1.82) is 0 Å². The standard InChI is InChI=1S/C19H23N3O3S.ClH/c1-21(16-8-3-2-4-9-16)26(24,25)18-11-6-5-10-17(18)19(23)22-14-7-12-20-13-15-22;/h2-6,8-11,20H,7,12-15H2,1H3;1H. The summed E-state index contributed by atoms with van der Waals surface area (Å²) in [5.74, 6) is -0.241. The highest BCUT2D eigenvalue weighted by molar-refractivity contribution is 7.92. The van der Waals surface area contributed by atoms with E-state index in [0.717, 1.165) is 13.0 Å². The van der Waals surface area contributed by atoms with Crippen LogP contribution >= 0.6 is 12.4 Å². The summed E-state index contributed by atoms with van der Waals surface area (Å²) >= 11 is 0. The SMILES string of the molecule is CN(c1ccccc1)S(=O)(=O)c1ccccc1C(=O)N1CCCNCC1.Cl. The Morgan fingerprint density at radius 1 is 1.00 bits per heavy atom. The Hall–Kier alpha value is -2.09. The minimum atomic E-state index is -3.85. The van der Waals surface area contributed by atoms with E-state index in [1.807, 2.05) is 6.07 Å². The fourth-order valence-electron chi connectivity index (χ4n) is 3.01. The summed E-state index contributed by atoms with van der Waals surface area (Å²) in [4.78, 5) is 14.7. The van der Waals surface area contributed by atoms with Crippen LogP contribution < -0.4 is 9.62 Å². The summed E-state index contributed by atoms with van der Waals surface area (Å²) in [5, 5.41) is 3.25. The molecule has 0 aliphatic carbocycles. The van der Waals surface area contributed by atoms with Gasteiger partial charge in [-0.15, -0.1) is 12.4 Å². The van der Waals surface area contributed by atoms with Crippen molar-refractivity contribution >= 4 is 34.0 Å². The molecule has 1 heterocycles. The van der Waals surface area contributed by atoms with Crippen LogP contribution in [0.2, 0.25) is 0 Å². The predicted octanol–water partition coefficient (Wildman–Crippen LogP) is 2.37. The number of amides is 1. The highest BCUT2D eigenvalue weighted by Gasteiger charge is 2.28. The lowest BCUT2D eigenvalue weighted by Crippen LogP contribution is -2.36. The maximum Gasteiger partial charge on any atom is 0.264 e. The monoisotopic (exact) mass is 409 g/mol. The molecule has 0 unspecified atom stereocenters. The Morgan fingerprint density at radius 3 is 2.41 bits per heavy atom. The van der Waals surface area contributed by atoms with Gasteiger partial charge in [0, 0.05) is 26.7 Å². The van der Waals surface area contributed by atoms with Gasteiger partial charge >= 0.3 is 0 Å². The average molecular weight is 410 g/mol. The number of anilines is 1. The van der Waals surface area contributed by atoms with Crippen molar-refractivity contribution in [1.82, 2.24) is 10.2 Å². The van der Waals surface area contributed by atoms with Crippen LogP contribution in [0.3, 0.4) is 0 Å². The van der Waals surface area contributed by atoms with E-state index in [1.165, 1.54) is 17.4 Å². The molecule has 146 valence electrons. The third-order valence-electron chi connectivity index (χ3n) is 4.50. The van der Waals surface area contributed by atoms with Crippen LogP contribution in [0, 0.1) is 0 Å². The predicted molar refractivity (Wildman–Crippen MR) is 109 cm³/mol. The number of hydrogen-bond acceptors (Lipinski definition) is 4. The highest BCUT2D eigenvalue weighted by atomic mass is 35.5. The smallest absolute Gasteiger partial charge is 0.264 e.